The molecule has 4 rings (SSSR count). The number of hydrogen-bond acceptors (Lipinski definition) is 0. The van der Waals surface area contributed by atoms with Gasteiger partial charge in [0.15, 0.2) is 0 Å². The fourth-order valence-electron chi connectivity index (χ4n) is 9.00. The van der Waals surface area contributed by atoms with Crippen LogP contribution in [0.15, 0.2) is 0 Å². The SMILES string of the molecule is CC1(C)CCC(C(C2CCCCC2)(C2CCCCC2)C2CCC(C)(C)CC2)CC1. The molecule has 0 aromatic rings. The van der Waals surface area contributed by atoms with E-state index in [0.717, 1.165) is 23.7 Å². The molecule has 0 unspecified atom stereocenters. The standard InChI is InChI=1S/C29H52/c1-27(2)19-15-25(16-20-27)29(23-11-7-5-8-12-23,24-13-9-6-10-14-24)26-17-21-28(3,4)22-18-26/h23-26H,5-22H2,1-4H3. The zero-order valence-electron chi connectivity index (χ0n) is 20.5. The molecule has 0 amide bonds. The Balaban J connectivity index is 1.69. The second kappa shape index (κ2) is 8.86. The smallest absolute Gasteiger partial charge is 0.0184 e. The van der Waals surface area contributed by atoms with Gasteiger partial charge in [0.25, 0.3) is 0 Å². The maximum Gasteiger partial charge on any atom is -0.0184 e. The van der Waals surface area contributed by atoms with Crippen molar-refractivity contribution < 1.29 is 0 Å². The van der Waals surface area contributed by atoms with Crippen LogP contribution >= 0.6 is 0 Å². The fraction of sp³-hybridized carbons (Fsp3) is 1.00. The van der Waals surface area contributed by atoms with Crippen molar-refractivity contribution in [3.8, 4) is 0 Å². The Kier molecular flexibility index (Phi) is 6.78. The van der Waals surface area contributed by atoms with E-state index in [-0.39, 0.29) is 0 Å². The maximum absolute atomic E-state index is 2.55. The van der Waals surface area contributed by atoms with Gasteiger partial charge < -0.3 is 0 Å². The number of hydrogen-bond donors (Lipinski definition) is 0. The van der Waals surface area contributed by atoms with Gasteiger partial charge in [-0.2, -0.15) is 0 Å². The van der Waals surface area contributed by atoms with E-state index in [1.54, 1.807) is 51.4 Å². The summed E-state index contributed by atoms with van der Waals surface area (Å²) >= 11 is 0. The largest absolute Gasteiger partial charge is 0.0599 e. The molecule has 0 heteroatoms. The van der Waals surface area contributed by atoms with Crippen molar-refractivity contribution in [3.63, 3.8) is 0 Å². The predicted octanol–water partition coefficient (Wildman–Crippen LogP) is 9.57. The van der Waals surface area contributed by atoms with Crippen LogP contribution in [-0.2, 0) is 0 Å². The summed E-state index contributed by atoms with van der Waals surface area (Å²) in [5.41, 5.74) is 1.93. The molecule has 0 atom stereocenters. The van der Waals surface area contributed by atoms with Gasteiger partial charge in [-0.3, -0.25) is 0 Å². The summed E-state index contributed by atoms with van der Waals surface area (Å²) < 4.78 is 0. The topological polar surface area (TPSA) is 0 Å². The lowest BCUT2D eigenvalue weighted by molar-refractivity contribution is -0.120. The molecule has 4 saturated carbocycles. The van der Waals surface area contributed by atoms with E-state index < -0.39 is 0 Å². The van der Waals surface area contributed by atoms with Crippen molar-refractivity contribution in [3.05, 3.63) is 0 Å². The van der Waals surface area contributed by atoms with Gasteiger partial charge in [-0.05, 0) is 117 Å². The third kappa shape index (κ3) is 4.62. The van der Waals surface area contributed by atoms with Crippen LogP contribution in [0.25, 0.3) is 0 Å². The van der Waals surface area contributed by atoms with Crippen LogP contribution in [0.1, 0.15) is 143 Å². The molecule has 0 nitrogen and oxygen atoms in total. The molecule has 0 aromatic carbocycles. The van der Waals surface area contributed by atoms with Gasteiger partial charge >= 0.3 is 0 Å². The zero-order chi connectivity index (χ0) is 20.5. The van der Waals surface area contributed by atoms with E-state index in [0.29, 0.717) is 16.2 Å². The zero-order valence-corrected chi connectivity index (χ0v) is 20.5. The minimum Gasteiger partial charge on any atom is -0.0599 e. The van der Waals surface area contributed by atoms with Crippen LogP contribution in [0.4, 0.5) is 0 Å². The molecule has 29 heavy (non-hydrogen) atoms. The van der Waals surface area contributed by atoms with Crippen LogP contribution in [0, 0.1) is 39.9 Å². The first kappa shape index (κ1) is 22.2. The van der Waals surface area contributed by atoms with Gasteiger partial charge in [-0.25, -0.2) is 0 Å². The predicted molar refractivity (Wildman–Crippen MR) is 127 cm³/mol. The van der Waals surface area contributed by atoms with Crippen LogP contribution in [0.2, 0.25) is 0 Å². The van der Waals surface area contributed by atoms with Crippen molar-refractivity contribution in [2.24, 2.45) is 39.9 Å². The van der Waals surface area contributed by atoms with E-state index in [1.165, 1.54) is 64.2 Å². The molecular weight excluding hydrogens is 348 g/mol. The normalized spacial score (nSPS) is 31.0. The van der Waals surface area contributed by atoms with Crippen molar-refractivity contribution in [1.82, 2.24) is 0 Å². The minimum atomic E-state index is 0.607. The molecule has 4 aliphatic rings. The molecular formula is C29H52. The molecule has 0 saturated heterocycles. The Morgan fingerprint density at radius 1 is 0.414 bits per heavy atom. The third-order valence-corrected chi connectivity index (χ3v) is 10.7. The second-order valence-electron chi connectivity index (χ2n) is 13.5. The molecule has 0 aliphatic heterocycles. The molecule has 4 aliphatic carbocycles. The summed E-state index contributed by atoms with van der Waals surface area (Å²) in [5.74, 6) is 4.23. The van der Waals surface area contributed by atoms with Crippen molar-refractivity contribution >= 4 is 0 Å². The lowest BCUT2D eigenvalue weighted by atomic mass is 9.44. The Morgan fingerprint density at radius 3 is 1.00 bits per heavy atom. The van der Waals surface area contributed by atoms with Gasteiger partial charge in [0.05, 0.1) is 0 Å². The monoisotopic (exact) mass is 400 g/mol. The highest BCUT2D eigenvalue weighted by atomic mass is 14.6. The molecule has 0 spiro atoms. The van der Waals surface area contributed by atoms with Crippen molar-refractivity contribution in [2.45, 2.75) is 143 Å². The van der Waals surface area contributed by atoms with Crippen LogP contribution in [0.5, 0.6) is 0 Å². The average molecular weight is 401 g/mol. The first-order chi connectivity index (χ1) is 13.8. The van der Waals surface area contributed by atoms with Crippen LogP contribution in [-0.4, -0.2) is 0 Å². The molecule has 0 heterocycles. The van der Waals surface area contributed by atoms with E-state index >= 15 is 0 Å². The van der Waals surface area contributed by atoms with E-state index in [9.17, 15) is 0 Å². The molecule has 4 fully saturated rings. The van der Waals surface area contributed by atoms with Gasteiger partial charge in [-0.15, -0.1) is 0 Å². The summed E-state index contributed by atoms with van der Waals surface area (Å²) in [7, 11) is 0. The maximum atomic E-state index is 2.55. The van der Waals surface area contributed by atoms with Gasteiger partial charge in [0.2, 0.25) is 0 Å². The van der Waals surface area contributed by atoms with Crippen LogP contribution in [0.3, 0.4) is 0 Å². The van der Waals surface area contributed by atoms with E-state index in [1.807, 2.05) is 0 Å². The summed E-state index contributed by atoms with van der Waals surface area (Å²) in [6, 6.07) is 0. The summed E-state index contributed by atoms with van der Waals surface area (Å²) in [5, 5.41) is 0. The highest BCUT2D eigenvalue weighted by Gasteiger charge is 2.56. The Bertz CT molecular complexity index is 446. The Morgan fingerprint density at radius 2 is 0.690 bits per heavy atom. The van der Waals surface area contributed by atoms with Crippen LogP contribution < -0.4 is 0 Å². The van der Waals surface area contributed by atoms with Crippen molar-refractivity contribution in [1.29, 1.82) is 0 Å². The third-order valence-electron chi connectivity index (χ3n) is 10.7. The minimum absolute atomic E-state index is 0.607. The summed E-state index contributed by atoms with van der Waals surface area (Å²) in [6.45, 7) is 10.2. The van der Waals surface area contributed by atoms with Gasteiger partial charge in [-0.1, -0.05) is 66.2 Å². The molecule has 0 radical (unpaired) electrons. The van der Waals surface area contributed by atoms with E-state index in [4.69, 9.17) is 0 Å². The van der Waals surface area contributed by atoms with Crippen molar-refractivity contribution in [2.75, 3.05) is 0 Å². The lowest BCUT2D eigenvalue weighted by Gasteiger charge is -2.61. The summed E-state index contributed by atoms with van der Waals surface area (Å²) in [6.07, 6.45) is 27.7. The quantitative estimate of drug-likeness (QED) is 0.440. The number of rotatable bonds is 4. The highest BCUT2D eigenvalue weighted by molar-refractivity contribution is 5.05. The molecule has 0 N–H and O–H groups in total. The van der Waals surface area contributed by atoms with Gasteiger partial charge in [0, 0.05) is 0 Å². The summed E-state index contributed by atoms with van der Waals surface area (Å²) in [4.78, 5) is 0. The fourth-order valence-corrected chi connectivity index (χ4v) is 9.00. The Labute approximate surface area is 183 Å². The highest BCUT2D eigenvalue weighted by Crippen LogP contribution is 2.64. The average Bonchev–Trinajstić information content (AvgIpc) is 2.72. The first-order valence-corrected chi connectivity index (χ1v) is 13.8. The molecule has 168 valence electrons. The first-order valence-electron chi connectivity index (χ1n) is 13.8. The van der Waals surface area contributed by atoms with E-state index in [2.05, 4.69) is 27.7 Å². The molecule has 0 aromatic heterocycles. The molecule has 0 bridgehead atoms. The lowest BCUT2D eigenvalue weighted by Crippen LogP contribution is -2.53. The van der Waals surface area contributed by atoms with Gasteiger partial charge in [0.1, 0.15) is 0 Å². The second-order valence-corrected chi connectivity index (χ2v) is 13.5. The Hall–Kier alpha value is 0.